The minimum atomic E-state index is -0.229. The SMILES string of the molecule is O=C1CCCC2=C1C(c1cccc(Cl)c1)CC(=O)N2c1ccc(Cl)cc1. The lowest BCUT2D eigenvalue weighted by Crippen LogP contribution is -2.40. The molecule has 0 aromatic heterocycles. The Balaban J connectivity index is 1.85. The van der Waals surface area contributed by atoms with Crippen molar-refractivity contribution in [3.8, 4) is 0 Å². The van der Waals surface area contributed by atoms with Gasteiger partial charge in [-0.3, -0.25) is 14.5 Å². The number of hydrogen-bond donors (Lipinski definition) is 0. The first-order chi connectivity index (χ1) is 12.5. The van der Waals surface area contributed by atoms with Crippen molar-refractivity contribution in [3.63, 3.8) is 0 Å². The summed E-state index contributed by atoms with van der Waals surface area (Å²) in [6.45, 7) is 0. The van der Waals surface area contributed by atoms with Gasteiger partial charge in [-0.15, -0.1) is 0 Å². The molecule has 1 heterocycles. The van der Waals surface area contributed by atoms with E-state index in [1.165, 1.54) is 0 Å². The molecule has 26 heavy (non-hydrogen) atoms. The molecule has 1 amide bonds. The van der Waals surface area contributed by atoms with E-state index in [-0.39, 0.29) is 24.0 Å². The summed E-state index contributed by atoms with van der Waals surface area (Å²) in [5, 5.41) is 1.23. The Morgan fingerprint density at radius 2 is 1.69 bits per heavy atom. The summed E-state index contributed by atoms with van der Waals surface area (Å²) in [4.78, 5) is 27.5. The Morgan fingerprint density at radius 3 is 2.42 bits per heavy atom. The molecule has 1 aliphatic heterocycles. The van der Waals surface area contributed by atoms with E-state index in [4.69, 9.17) is 23.2 Å². The van der Waals surface area contributed by atoms with E-state index in [1.807, 2.05) is 30.3 Å². The van der Waals surface area contributed by atoms with Gasteiger partial charge in [0.25, 0.3) is 0 Å². The first-order valence-corrected chi connectivity index (χ1v) is 9.40. The molecule has 0 fully saturated rings. The molecule has 5 heteroatoms. The van der Waals surface area contributed by atoms with Gasteiger partial charge < -0.3 is 0 Å². The Bertz CT molecular complexity index is 918. The van der Waals surface area contributed by atoms with Crippen LogP contribution in [0.2, 0.25) is 10.0 Å². The summed E-state index contributed by atoms with van der Waals surface area (Å²) in [5.41, 5.74) is 3.26. The minimum absolute atomic E-state index is 0.00857. The molecule has 0 saturated heterocycles. The van der Waals surface area contributed by atoms with Gasteiger partial charge in [0.05, 0.1) is 0 Å². The summed E-state index contributed by atoms with van der Waals surface area (Å²) in [7, 11) is 0. The molecule has 2 aromatic rings. The Hall–Kier alpha value is -2.10. The molecule has 0 bridgehead atoms. The summed E-state index contributed by atoms with van der Waals surface area (Å²) in [6.07, 6.45) is 2.26. The molecule has 2 aromatic carbocycles. The van der Waals surface area contributed by atoms with Gasteiger partial charge in [-0.05, 0) is 54.8 Å². The molecule has 0 saturated carbocycles. The van der Waals surface area contributed by atoms with Gasteiger partial charge in [0, 0.05) is 45.8 Å². The zero-order valence-electron chi connectivity index (χ0n) is 14.0. The van der Waals surface area contributed by atoms with Gasteiger partial charge in [0.15, 0.2) is 5.78 Å². The molecule has 2 aliphatic rings. The highest BCUT2D eigenvalue weighted by atomic mass is 35.5. The average molecular weight is 386 g/mol. The number of Topliss-reactive ketones (excluding diaryl/α,β-unsaturated/α-hetero) is 1. The number of rotatable bonds is 2. The first kappa shape index (κ1) is 17.3. The van der Waals surface area contributed by atoms with Gasteiger partial charge in [-0.1, -0.05) is 35.3 Å². The van der Waals surface area contributed by atoms with Crippen molar-refractivity contribution in [1.82, 2.24) is 0 Å². The third kappa shape index (κ3) is 3.06. The van der Waals surface area contributed by atoms with Crippen molar-refractivity contribution in [3.05, 3.63) is 75.4 Å². The number of hydrogen-bond acceptors (Lipinski definition) is 2. The van der Waals surface area contributed by atoms with Crippen LogP contribution in [0.4, 0.5) is 5.69 Å². The zero-order valence-corrected chi connectivity index (χ0v) is 15.6. The van der Waals surface area contributed by atoms with Crippen molar-refractivity contribution in [2.75, 3.05) is 4.90 Å². The van der Waals surface area contributed by atoms with Crippen LogP contribution in [0.25, 0.3) is 0 Å². The summed E-state index contributed by atoms with van der Waals surface area (Å²) in [6, 6.07) is 14.6. The smallest absolute Gasteiger partial charge is 0.232 e. The zero-order chi connectivity index (χ0) is 18.3. The average Bonchev–Trinajstić information content (AvgIpc) is 2.62. The van der Waals surface area contributed by atoms with Crippen LogP contribution in [0.1, 0.15) is 37.2 Å². The lowest BCUT2D eigenvalue weighted by Gasteiger charge is -2.38. The van der Waals surface area contributed by atoms with E-state index >= 15 is 0 Å². The third-order valence-corrected chi connectivity index (χ3v) is 5.50. The van der Waals surface area contributed by atoms with E-state index in [0.29, 0.717) is 22.9 Å². The van der Waals surface area contributed by atoms with Crippen LogP contribution in [0, 0.1) is 0 Å². The summed E-state index contributed by atoms with van der Waals surface area (Å²) < 4.78 is 0. The van der Waals surface area contributed by atoms with Gasteiger partial charge in [0.1, 0.15) is 0 Å². The number of carbonyl (C=O) groups excluding carboxylic acids is 2. The Kier molecular flexibility index (Phi) is 4.60. The van der Waals surface area contributed by atoms with Crippen molar-refractivity contribution >= 4 is 40.6 Å². The predicted octanol–water partition coefficient (Wildman–Crippen LogP) is 5.52. The molecule has 3 nitrogen and oxygen atoms in total. The van der Waals surface area contributed by atoms with Gasteiger partial charge >= 0.3 is 0 Å². The summed E-state index contributed by atoms with van der Waals surface area (Å²) in [5.74, 6) is -0.110. The molecule has 0 spiro atoms. The van der Waals surface area contributed by atoms with Crippen molar-refractivity contribution < 1.29 is 9.59 Å². The lowest BCUT2D eigenvalue weighted by molar-refractivity contribution is -0.119. The second-order valence-electron chi connectivity index (χ2n) is 6.65. The second-order valence-corrected chi connectivity index (χ2v) is 7.53. The van der Waals surface area contributed by atoms with Gasteiger partial charge in [0.2, 0.25) is 5.91 Å². The van der Waals surface area contributed by atoms with Crippen molar-refractivity contribution in [1.29, 1.82) is 0 Å². The van der Waals surface area contributed by atoms with E-state index in [9.17, 15) is 9.59 Å². The highest BCUT2D eigenvalue weighted by Crippen LogP contribution is 2.43. The molecule has 4 rings (SSSR count). The highest BCUT2D eigenvalue weighted by Gasteiger charge is 2.39. The van der Waals surface area contributed by atoms with E-state index in [0.717, 1.165) is 28.9 Å². The number of nitrogens with zero attached hydrogens (tertiary/aromatic N) is 1. The normalized spacial score (nSPS) is 20.4. The van der Waals surface area contributed by atoms with Crippen LogP contribution in [0.3, 0.4) is 0 Å². The highest BCUT2D eigenvalue weighted by molar-refractivity contribution is 6.31. The lowest BCUT2D eigenvalue weighted by atomic mass is 9.77. The number of carbonyl (C=O) groups is 2. The third-order valence-electron chi connectivity index (χ3n) is 5.01. The van der Waals surface area contributed by atoms with Gasteiger partial charge in [-0.25, -0.2) is 0 Å². The Labute approximate surface area is 162 Å². The topological polar surface area (TPSA) is 37.4 Å². The fourth-order valence-electron chi connectivity index (χ4n) is 3.89. The van der Waals surface area contributed by atoms with Gasteiger partial charge in [-0.2, -0.15) is 0 Å². The quantitative estimate of drug-likeness (QED) is 0.682. The van der Waals surface area contributed by atoms with Crippen molar-refractivity contribution in [2.45, 2.75) is 31.6 Å². The van der Waals surface area contributed by atoms with Crippen molar-refractivity contribution in [2.24, 2.45) is 0 Å². The predicted molar refractivity (Wildman–Crippen MR) is 104 cm³/mol. The number of anilines is 1. The van der Waals surface area contributed by atoms with E-state index in [1.54, 1.807) is 23.1 Å². The standard InChI is InChI=1S/C21H17Cl2NO2/c22-14-7-9-16(10-8-14)24-18-5-2-6-19(25)21(18)17(12-20(24)26)13-3-1-4-15(23)11-13/h1,3-4,7-11,17H,2,5-6,12H2. The number of allylic oxidation sites excluding steroid dienone is 2. The Morgan fingerprint density at radius 1 is 0.923 bits per heavy atom. The van der Waals surface area contributed by atoms with E-state index < -0.39 is 0 Å². The number of amides is 1. The second kappa shape index (κ2) is 6.90. The van der Waals surface area contributed by atoms with Crippen LogP contribution in [0.15, 0.2) is 59.8 Å². The molecule has 0 radical (unpaired) electrons. The summed E-state index contributed by atoms with van der Waals surface area (Å²) >= 11 is 12.1. The fraction of sp³-hybridized carbons (Fsp3) is 0.238. The first-order valence-electron chi connectivity index (χ1n) is 8.65. The number of benzene rings is 2. The number of ketones is 1. The van der Waals surface area contributed by atoms with Crippen LogP contribution in [-0.4, -0.2) is 11.7 Å². The minimum Gasteiger partial charge on any atom is -0.294 e. The molecule has 1 unspecified atom stereocenters. The van der Waals surface area contributed by atoms with E-state index in [2.05, 4.69) is 0 Å². The molecule has 1 aliphatic carbocycles. The fourth-order valence-corrected chi connectivity index (χ4v) is 4.22. The van der Waals surface area contributed by atoms with Crippen LogP contribution in [0.5, 0.6) is 0 Å². The molecular weight excluding hydrogens is 369 g/mol. The maximum Gasteiger partial charge on any atom is 0.232 e. The molecule has 0 N–H and O–H groups in total. The van der Waals surface area contributed by atoms with Crippen LogP contribution >= 0.6 is 23.2 Å². The molecule has 1 atom stereocenters. The molecular formula is C21H17Cl2NO2. The van der Waals surface area contributed by atoms with Crippen LogP contribution in [-0.2, 0) is 9.59 Å². The van der Waals surface area contributed by atoms with Crippen LogP contribution < -0.4 is 4.90 Å². The maximum absolute atomic E-state index is 13.0. The number of halogens is 2. The largest absolute Gasteiger partial charge is 0.294 e. The molecule has 132 valence electrons. The monoisotopic (exact) mass is 385 g/mol. The maximum atomic E-state index is 13.0.